The van der Waals surface area contributed by atoms with Gasteiger partial charge < -0.3 is 9.40 Å². The predicted molar refractivity (Wildman–Crippen MR) is 130 cm³/mol. The molecule has 0 saturated heterocycles. The van der Waals surface area contributed by atoms with Gasteiger partial charge >= 0.3 is 0 Å². The van der Waals surface area contributed by atoms with Crippen molar-refractivity contribution in [3.8, 4) is 22.6 Å². The first-order valence-electron chi connectivity index (χ1n) is 10.6. The Morgan fingerprint density at radius 1 is 0.594 bits per heavy atom. The summed E-state index contributed by atoms with van der Waals surface area (Å²) in [5.41, 5.74) is 6.49. The number of hydrogen-bond acceptors (Lipinski definition) is 3. The first-order valence-corrected chi connectivity index (χ1v) is 10.6. The summed E-state index contributed by atoms with van der Waals surface area (Å²) in [5.74, 6) is 0.659. The Balaban J connectivity index is 1.61. The smallest absolute Gasteiger partial charge is 0.231 e. The number of fused-ring (bicyclic) bond motifs is 6. The zero-order chi connectivity index (χ0) is 21.1. The molecule has 3 aromatic heterocycles. The van der Waals surface area contributed by atoms with Crippen LogP contribution in [0.2, 0.25) is 0 Å². The maximum Gasteiger partial charge on any atom is 0.231 e. The molecule has 150 valence electrons. The maximum atomic E-state index is 6.34. The summed E-state index contributed by atoms with van der Waals surface area (Å²) in [6.07, 6.45) is 0. The zero-order valence-corrected chi connectivity index (χ0v) is 17.0. The van der Waals surface area contributed by atoms with E-state index in [0.717, 1.165) is 49.6 Å². The summed E-state index contributed by atoms with van der Waals surface area (Å²) in [5, 5.41) is 4.28. The van der Waals surface area contributed by atoms with E-state index in [1.165, 1.54) is 5.39 Å². The summed E-state index contributed by atoms with van der Waals surface area (Å²) in [6, 6.07) is 32.9. The summed E-state index contributed by atoms with van der Waals surface area (Å²) >= 11 is 0. The van der Waals surface area contributed by atoms with E-state index < -0.39 is 0 Å². The number of nitrogens with one attached hydrogen (secondary N) is 1. The van der Waals surface area contributed by atoms with Crippen molar-refractivity contribution < 1.29 is 4.42 Å². The summed E-state index contributed by atoms with van der Waals surface area (Å²) in [6.45, 7) is 0. The molecule has 4 nitrogen and oxygen atoms in total. The SMILES string of the molecule is c1ccc(-c2nc(-c3ccccc3)c3c(n2)oc2cc4c(cc23)[nH]c2ccccc24)cc1. The van der Waals surface area contributed by atoms with E-state index in [1.807, 2.05) is 54.6 Å². The lowest BCUT2D eigenvalue weighted by Crippen LogP contribution is -1.93. The Morgan fingerprint density at radius 3 is 2.12 bits per heavy atom. The van der Waals surface area contributed by atoms with Crippen LogP contribution in [0.1, 0.15) is 0 Å². The van der Waals surface area contributed by atoms with Gasteiger partial charge in [0.1, 0.15) is 5.58 Å². The third kappa shape index (κ3) is 2.50. The second kappa shape index (κ2) is 6.53. The molecule has 32 heavy (non-hydrogen) atoms. The van der Waals surface area contributed by atoms with Gasteiger partial charge in [0, 0.05) is 38.3 Å². The van der Waals surface area contributed by atoms with Crippen LogP contribution in [-0.2, 0) is 0 Å². The number of rotatable bonds is 2. The Morgan fingerprint density at radius 2 is 1.31 bits per heavy atom. The molecule has 0 unspecified atom stereocenters. The van der Waals surface area contributed by atoms with Crippen LogP contribution in [0.3, 0.4) is 0 Å². The Labute approximate surface area is 183 Å². The van der Waals surface area contributed by atoms with Crippen molar-refractivity contribution in [3.63, 3.8) is 0 Å². The van der Waals surface area contributed by atoms with Crippen molar-refractivity contribution in [2.75, 3.05) is 0 Å². The summed E-state index contributed by atoms with van der Waals surface area (Å²) < 4.78 is 6.34. The van der Waals surface area contributed by atoms with Crippen LogP contribution in [0.25, 0.3) is 66.5 Å². The van der Waals surface area contributed by atoms with E-state index in [0.29, 0.717) is 11.5 Å². The zero-order valence-electron chi connectivity index (χ0n) is 17.0. The second-order valence-corrected chi connectivity index (χ2v) is 7.97. The molecule has 7 rings (SSSR count). The van der Waals surface area contributed by atoms with Crippen LogP contribution >= 0.6 is 0 Å². The van der Waals surface area contributed by atoms with Crippen molar-refractivity contribution in [1.29, 1.82) is 0 Å². The summed E-state index contributed by atoms with van der Waals surface area (Å²) in [4.78, 5) is 13.4. The molecule has 0 spiro atoms. The quantitative estimate of drug-likeness (QED) is 0.324. The number of aromatic nitrogens is 3. The van der Waals surface area contributed by atoms with E-state index in [2.05, 4.69) is 47.4 Å². The molecular weight excluding hydrogens is 394 g/mol. The van der Waals surface area contributed by atoms with Crippen LogP contribution in [0, 0.1) is 0 Å². The highest BCUT2D eigenvalue weighted by Crippen LogP contribution is 2.39. The van der Waals surface area contributed by atoms with Crippen LogP contribution in [0.4, 0.5) is 0 Å². The minimum atomic E-state index is 0.602. The number of aromatic amines is 1. The van der Waals surface area contributed by atoms with Gasteiger partial charge in [-0.1, -0.05) is 78.9 Å². The van der Waals surface area contributed by atoms with Crippen molar-refractivity contribution in [2.24, 2.45) is 0 Å². The van der Waals surface area contributed by atoms with E-state index >= 15 is 0 Å². The van der Waals surface area contributed by atoms with Gasteiger partial charge in [-0.05, 0) is 18.2 Å². The number of benzene rings is 4. The molecule has 0 fully saturated rings. The first-order chi connectivity index (χ1) is 15.8. The fourth-order valence-corrected chi connectivity index (χ4v) is 4.54. The average Bonchev–Trinajstić information content (AvgIpc) is 3.40. The molecule has 4 heteroatoms. The molecule has 0 aliphatic carbocycles. The molecule has 0 aliphatic rings. The maximum absolute atomic E-state index is 6.34. The highest BCUT2D eigenvalue weighted by Gasteiger charge is 2.19. The van der Waals surface area contributed by atoms with Gasteiger partial charge in [-0.2, -0.15) is 4.98 Å². The van der Waals surface area contributed by atoms with Crippen LogP contribution in [-0.4, -0.2) is 15.0 Å². The highest BCUT2D eigenvalue weighted by molar-refractivity contribution is 6.18. The second-order valence-electron chi connectivity index (χ2n) is 7.97. The minimum Gasteiger partial charge on any atom is -0.438 e. The highest BCUT2D eigenvalue weighted by atomic mass is 16.3. The molecular formula is C28H17N3O. The lowest BCUT2D eigenvalue weighted by molar-refractivity contribution is 0.654. The fraction of sp³-hybridized carbons (Fsp3) is 0. The Kier molecular flexibility index (Phi) is 3.52. The molecule has 7 aromatic rings. The van der Waals surface area contributed by atoms with Crippen molar-refractivity contribution in [1.82, 2.24) is 15.0 Å². The van der Waals surface area contributed by atoms with Gasteiger partial charge in [0.15, 0.2) is 5.82 Å². The molecule has 0 bridgehead atoms. The third-order valence-electron chi connectivity index (χ3n) is 6.04. The monoisotopic (exact) mass is 411 g/mol. The van der Waals surface area contributed by atoms with Crippen molar-refractivity contribution in [3.05, 3.63) is 97.1 Å². The van der Waals surface area contributed by atoms with Gasteiger partial charge in [-0.15, -0.1) is 0 Å². The largest absolute Gasteiger partial charge is 0.438 e. The number of H-pyrrole nitrogens is 1. The Bertz CT molecular complexity index is 1760. The lowest BCUT2D eigenvalue weighted by atomic mass is 10.0. The van der Waals surface area contributed by atoms with Crippen molar-refractivity contribution in [2.45, 2.75) is 0 Å². The molecule has 0 atom stereocenters. The molecule has 0 amide bonds. The average molecular weight is 411 g/mol. The van der Waals surface area contributed by atoms with Crippen LogP contribution < -0.4 is 0 Å². The lowest BCUT2D eigenvalue weighted by Gasteiger charge is -2.06. The van der Waals surface area contributed by atoms with Gasteiger partial charge in [0.05, 0.1) is 11.1 Å². The standard InChI is InChI=1S/C28H17N3O/c1-3-9-17(10-4-1)26-25-21-15-23-20(19-13-7-8-14-22(19)29-23)16-24(21)32-28(25)31-27(30-26)18-11-5-2-6-12-18/h1-16,29H. The summed E-state index contributed by atoms with van der Waals surface area (Å²) in [7, 11) is 0. The molecule has 4 aromatic carbocycles. The van der Waals surface area contributed by atoms with Gasteiger partial charge in [0.25, 0.3) is 0 Å². The van der Waals surface area contributed by atoms with Crippen LogP contribution in [0.5, 0.6) is 0 Å². The molecule has 3 heterocycles. The molecule has 1 N–H and O–H groups in total. The number of hydrogen-bond donors (Lipinski definition) is 1. The Hall–Kier alpha value is -4.44. The molecule has 0 saturated carbocycles. The van der Waals surface area contributed by atoms with Crippen molar-refractivity contribution >= 4 is 43.9 Å². The van der Waals surface area contributed by atoms with E-state index in [9.17, 15) is 0 Å². The molecule has 0 aliphatic heterocycles. The predicted octanol–water partition coefficient (Wildman–Crippen LogP) is 7.34. The van der Waals surface area contributed by atoms with Gasteiger partial charge in [-0.25, -0.2) is 4.98 Å². The topological polar surface area (TPSA) is 54.7 Å². The number of para-hydroxylation sites is 1. The third-order valence-corrected chi connectivity index (χ3v) is 6.04. The van der Waals surface area contributed by atoms with Crippen LogP contribution in [0.15, 0.2) is 101 Å². The fourth-order valence-electron chi connectivity index (χ4n) is 4.54. The minimum absolute atomic E-state index is 0.602. The first kappa shape index (κ1) is 17.3. The van der Waals surface area contributed by atoms with E-state index in [-0.39, 0.29) is 0 Å². The van der Waals surface area contributed by atoms with E-state index in [1.54, 1.807) is 0 Å². The van der Waals surface area contributed by atoms with Gasteiger partial charge in [-0.3, -0.25) is 0 Å². The molecule has 0 radical (unpaired) electrons. The number of furan rings is 1. The normalized spacial score (nSPS) is 11.8. The van der Waals surface area contributed by atoms with E-state index in [4.69, 9.17) is 14.4 Å². The number of nitrogens with zero attached hydrogens (tertiary/aromatic N) is 2. The van der Waals surface area contributed by atoms with Gasteiger partial charge in [0.2, 0.25) is 5.71 Å².